The van der Waals surface area contributed by atoms with Gasteiger partial charge in [0.05, 0.1) is 0 Å². The van der Waals surface area contributed by atoms with Gasteiger partial charge >= 0.3 is 12.2 Å². The summed E-state index contributed by atoms with van der Waals surface area (Å²) in [7, 11) is -2.53. The normalized spacial score (nSPS) is 16.2. The molecule has 0 bridgehead atoms. The Morgan fingerprint density at radius 1 is 1.13 bits per heavy atom. The molecule has 0 aliphatic rings. The third-order valence-corrected chi connectivity index (χ3v) is 9.01. The Morgan fingerprint density at radius 3 is 2.00 bits per heavy atom. The van der Waals surface area contributed by atoms with Crippen LogP contribution in [0.5, 0.6) is 0 Å². The second-order valence-corrected chi connectivity index (χ2v) is 12.3. The van der Waals surface area contributed by atoms with Crippen LogP contribution in [0.25, 0.3) is 0 Å². The van der Waals surface area contributed by atoms with Gasteiger partial charge in [-0.15, -0.1) is 0 Å². The summed E-state index contributed by atoms with van der Waals surface area (Å²) in [4.78, 5) is 9.79. The summed E-state index contributed by atoms with van der Waals surface area (Å²) < 4.78 is 45.3. The molecule has 0 unspecified atom stereocenters. The fraction of sp³-hybridized carbons (Fsp3) is 1.00. The van der Waals surface area contributed by atoms with Crippen LogP contribution < -0.4 is 0 Å². The molecular formula is C15H30F3NO3Si. The molecule has 0 aromatic heterocycles. The van der Waals surface area contributed by atoms with Gasteiger partial charge in [-0.2, -0.15) is 13.2 Å². The van der Waals surface area contributed by atoms with E-state index in [4.69, 9.17) is 4.43 Å². The first kappa shape index (κ1) is 22.4. The maximum atomic E-state index is 13.2. The highest BCUT2D eigenvalue weighted by Crippen LogP contribution is 2.40. The van der Waals surface area contributed by atoms with Crippen LogP contribution in [-0.2, 0) is 4.43 Å². The van der Waals surface area contributed by atoms with Gasteiger partial charge in [-0.3, -0.25) is 10.1 Å². The minimum absolute atomic E-state index is 0.0671. The predicted octanol–water partition coefficient (Wildman–Crippen LogP) is 5.55. The van der Waals surface area contributed by atoms with Crippen LogP contribution in [0.2, 0.25) is 18.1 Å². The Balaban J connectivity index is 5.33. The van der Waals surface area contributed by atoms with Crippen LogP contribution in [0.3, 0.4) is 0 Å². The van der Waals surface area contributed by atoms with E-state index in [0.717, 1.165) is 19.3 Å². The number of hydrogen-bond donors (Lipinski definition) is 0. The summed E-state index contributed by atoms with van der Waals surface area (Å²) in [6, 6.07) is -2.65. The molecule has 138 valence electrons. The molecule has 0 N–H and O–H groups in total. The zero-order chi connectivity index (χ0) is 18.5. The molecule has 0 aromatic carbocycles. The first-order valence-electron chi connectivity index (χ1n) is 8.12. The second-order valence-electron chi connectivity index (χ2n) is 7.54. The molecule has 0 aromatic rings. The van der Waals surface area contributed by atoms with Crippen LogP contribution >= 0.6 is 0 Å². The number of nitro groups is 1. The fourth-order valence-electron chi connectivity index (χ4n) is 2.07. The van der Waals surface area contributed by atoms with Crippen LogP contribution in [-0.4, -0.2) is 31.6 Å². The molecular weight excluding hydrogens is 327 g/mol. The third-order valence-electron chi connectivity index (χ3n) is 4.51. The maximum absolute atomic E-state index is 13.2. The smallest absolute Gasteiger partial charge is 0.407 e. The molecule has 0 aliphatic heterocycles. The highest BCUT2D eigenvalue weighted by molar-refractivity contribution is 6.74. The Hall–Kier alpha value is -0.633. The van der Waals surface area contributed by atoms with Crippen molar-refractivity contribution in [2.45, 2.75) is 96.3 Å². The minimum Gasteiger partial charge on any atom is -0.407 e. The summed E-state index contributed by atoms with van der Waals surface area (Å²) in [5.74, 6) is 0. The van der Waals surface area contributed by atoms with Crippen LogP contribution in [0.1, 0.15) is 59.8 Å². The van der Waals surface area contributed by atoms with E-state index in [2.05, 4.69) is 0 Å². The highest BCUT2D eigenvalue weighted by atomic mass is 28.4. The van der Waals surface area contributed by atoms with Crippen molar-refractivity contribution >= 4 is 8.32 Å². The lowest BCUT2D eigenvalue weighted by Gasteiger charge is -2.39. The lowest BCUT2D eigenvalue weighted by molar-refractivity contribution is -0.573. The van der Waals surface area contributed by atoms with Crippen molar-refractivity contribution in [3.63, 3.8) is 0 Å². The molecule has 0 fully saturated rings. The summed E-state index contributed by atoms with van der Waals surface area (Å²) in [6.45, 7) is 11.4. The van der Waals surface area contributed by atoms with E-state index in [9.17, 15) is 23.3 Å². The Labute approximate surface area is 138 Å². The fourth-order valence-corrected chi connectivity index (χ4v) is 3.43. The predicted molar refractivity (Wildman–Crippen MR) is 87.7 cm³/mol. The standard InChI is InChI=1S/C15H30F3NO3Si/c1-7-8-9-10-11-12(13(19(20)21)15(16,17)18)22-23(5,6)14(2,3)4/h12-13H,7-11H2,1-6H3/t12-,13+/m0/s1. The van der Waals surface area contributed by atoms with Crippen molar-refractivity contribution in [1.82, 2.24) is 0 Å². The zero-order valence-corrected chi connectivity index (χ0v) is 16.0. The SMILES string of the molecule is CCCCCC[C@H](O[Si](C)(C)C(C)(C)C)[C@@H]([N+](=O)[O-])C(F)(F)F. The molecule has 0 saturated carbocycles. The maximum Gasteiger partial charge on any atom is 0.460 e. The summed E-state index contributed by atoms with van der Waals surface area (Å²) in [5, 5.41) is 10.7. The molecule has 0 rings (SSSR count). The molecule has 0 amide bonds. The topological polar surface area (TPSA) is 52.4 Å². The highest BCUT2D eigenvalue weighted by Gasteiger charge is 2.56. The van der Waals surface area contributed by atoms with Gasteiger partial charge in [0.15, 0.2) is 8.32 Å². The van der Waals surface area contributed by atoms with Gasteiger partial charge in [0.25, 0.3) is 0 Å². The van der Waals surface area contributed by atoms with Gasteiger partial charge in [0.1, 0.15) is 6.10 Å². The van der Waals surface area contributed by atoms with Crippen molar-refractivity contribution in [2.75, 3.05) is 0 Å². The van der Waals surface area contributed by atoms with E-state index < -0.39 is 31.6 Å². The summed E-state index contributed by atoms with van der Waals surface area (Å²) in [5.41, 5.74) is 0. The van der Waals surface area contributed by atoms with Gasteiger partial charge in [0.2, 0.25) is 0 Å². The van der Waals surface area contributed by atoms with Gasteiger partial charge < -0.3 is 4.43 Å². The van der Waals surface area contributed by atoms with Crippen molar-refractivity contribution in [3.8, 4) is 0 Å². The Kier molecular flexibility index (Phi) is 8.23. The Morgan fingerprint density at radius 2 is 1.65 bits per heavy atom. The largest absolute Gasteiger partial charge is 0.460 e. The zero-order valence-electron chi connectivity index (χ0n) is 15.0. The van der Waals surface area contributed by atoms with Gasteiger partial charge in [-0.1, -0.05) is 53.4 Å². The van der Waals surface area contributed by atoms with E-state index in [1.54, 1.807) is 0 Å². The monoisotopic (exact) mass is 357 g/mol. The van der Waals surface area contributed by atoms with E-state index >= 15 is 0 Å². The quantitative estimate of drug-likeness (QED) is 0.235. The summed E-state index contributed by atoms with van der Waals surface area (Å²) in [6.07, 6.45) is -3.13. The van der Waals surface area contributed by atoms with Gasteiger partial charge in [-0.25, -0.2) is 0 Å². The number of rotatable bonds is 9. The molecule has 0 heterocycles. The van der Waals surface area contributed by atoms with Crippen molar-refractivity contribution < 1.29 is 22.5 Å². The Bertz CT molecular complexity index is 381. The molecule has 0 saturated heterocycles. The molecule has 0 radical (unpaired) electrons. The molecule has 2 atom stereocenters. The van der Waals surface area contributed by atoms with E-state index in [-0.39, 0.29) is 11.5 Å². The lowest BCUT2D eigenvalue weighted by atomic mass is 10.0. The molecule has 4 nitrogen and oxygen atoms in total. The van der Waals surface area contributed by atoms with E-state index in [1.165, 1.54) is 0 Å². The van der Waals surface area contributed by atoms with Crippen molar-refractivity contribution in [1.29, 1.82) is 0 Å². The third kappa shape index (κ3) is 7.20. The first-order valence-corrected chi connectivity index (χ1v) is 11.0. The first-order chi connectivity index (χ1) is 10.2. The average Bonchev–Trinajstić information content (AvgIpc) is 2.30. The molecule has 0 aliphatic carbocycles. The van der Waals surface area contributed by atoms with Gasteiger partial charge in [0, 0.05) is 4.92 Å². The number of halogens is 3. The number of hydrogen-bond acceptors (Lipinski definition) is 3. The van der Waals surface area contributed by atoms with Gasteiger partial charge in [-0.05, 0) is 24.6 Å². The molecule has 8 heteroatoms. The lowest BCUT2D eigenvalue weighted by Crippen LogP contribution is -2.53. The summed E-state index contributed by atoms with van der Waals surface area (Å²) >= 11 is 0. The van der Waals surface area contributed by atoms with Crippen LogP contribution in [0.15, 0.2) is 0 Å². The number of unbranched alkanes of at least 4 members (excludes halogenated alkanes) is 3. The second kappa shape index (κ2) is 8.46. The van der Waals surface area contributed by atoms with Crippen molar-refractivity contribution in [2.24, 2.45) is 0 Å². The van der Waals surface area contributed by atoms with Crippen molar-refractivity contribution in [3.05, 3.63) is 10.1 Å². The van der Waals surface area contributed by atoms with Crippen LogP contribution in [0, 0.1) is 10.1 Å². The minimum atomic E-state index is -4.90. The number of nitrogens with zero attached hydrogens (tertiary/aromatic N) is 1. The molecule has 0 spiro atoms. The average molecular weight is 357 g/mol. The number of alkyl halides is 3. The van der Waals surface area contributed by atoms with E-state index in [0.29, 0.717) is 6.42 Å². The van der Waals surface area contributed by atoms with Crippen LogP contribution in [0.4, 0.5) is 13.2 Å². The molecule has 23 heavy (non-hydrogen) atoms. The van der Waals surface area contributed by atoms with E-state index in [1.807, 2.05) is 40.8 Å².